The molecule has 2 atom stereocenters. The predicted molar refractivity (Wildman–Crippen MR) is 30.6 cm³/mol. The molecule has 0 aromatic carbocycles. The average Bonchev–Trinajstić information content (AvgIpc) is 2.14. The van der Waals surface area contributed by atoms with E-state index in [2.05, 4.69) is 6.92 Å². The zero-order valence-corrected chi connectivity index (χ0v) is 5.13. The van der Waals surface area contributed by atoms with Gasteiger partial charge in [0.1, 0.15) is 0 Å². The summed E-state index contributed by atoms with van der Waals surface area (Å²) in [5.74, 6) is 0.398. The van der Waals surface area contributed by atoms with Crippen molar-refractivity contribution in [1.82, 2.24) is 0 Å². The van der Waals surface area contributed by atoms with Crippen molar-refractivity contribution in [2.45, 2.75) is 19.4 Å². The zero-order valence-electron chi connectivity index (χ0n) is 5.13. The molecule has 1 aliphatic heterocycles. The van der Waals surface area contributed by atoms with Crippen LogP contribution < -0.4 is 0 Å². The molecular weight excluding hydrogens is 104 g/mol. The van der Waals surface area contributed by atoms with Crippen molar-refractivity contribution in [2.75, 3.05) is 13.2 Å². The van der Waals surface area contributed by atoms with Crippen LogP contribution in [-0.2, 0) is 4.74 Å². The Hall–Kier alpha value is -0.0800. The fourth-order valence-corrected chi connectivity index (χ4v) is 0.977. The maximum atomic E-state index is 9.06. The normalized spacial score (nSPS) is 38.2. The van der Waals surface area contributed by atoms with E-state index in [0.29, 0.717) is 12.5 Å². The second kappa shape index (κ2) is 2.46. The molecule has 2 heteroatoms. The molecule has 0 saturated carbocycles. The van der Waals surface area contributed by atoms with Crippen LogP contribution in [0.1, 0.15) is 13.3 Å². The second-order valence-corrected chi connectivity index (χ2v) is 2.27. The van der Waals surface area contributed by atoms with Crippen LogP contribution >= 0.6 is 0 Å². The summed E-state index contributed by atoms with van der Waals surface area (Å²) < 4.78 is 5.01. The summed E-state index contributed by atoms with van der Waals surface area (Å²) in [5.41, 5.74) is 0. The van der Waals surface area contributed by atoms with Gasteiger partial charge in [0.25, 0.3) is 0 Å². The van der Waals surface area contributed by atoms with Gasteiger partial charge in [0.15, 0.2) is 0 Å². The summed E-state index contributed by atoms with van der Waals surface area (Å²) in [6, 6.07) is 0. The van der Waals surface area contributed by atoms with Gasteiger partial charge in [-0.1, -0.05) is 6.92 Å². The van der Waals surface area contributed by atoms with E-state index in [1.807, 2.05) is 0 Å². The Balaban J connectivity index is 2.30. The van der Waals surface area contributed by atoms with Crippen LogP contribution in [0, 0.1) is 5.92 Å². The van der Waals surface area contributed by atoms with Gasteiger partial charge in [-0.15, -0.1) is 0 Å². The molecule has 1 saturated heterocycles. The molecule has 0 aliphatic carbocycles. The minimum absolute atomic E-state index is 0.194. The zero-order chi connectivity index (χ0) is 5.98. The number of hydrogen-bond donors (Lipinski definition) is 1. The van der Waals surface area contributed by atoms with Crippen molar-refractivity contribution in [1.29, 1.82) is 0 Å². The first-order valence-corrected chi connectivity index (χ1v) is 3.10. The molecular formula is C6H12O2. The molecule has 2 unspecified atom stereocenters. The minimum atomic E-state index is -0.194. The van der Waals surface area contributed by atoms with Gasteiger partial charge in [-0.05, 0) is 6.42 Å². The Bertz CT molecular complexity index is 72.9. The Labute approximate surface area is 49.5 Å². The molecule has 1 fully saturated rings. The molecule has 0 aromatic rings. The maximum Gasteiger partial charge on any atom is 0.0823 e. The highest BCUT2D eigenvalue weighted by atomic mass is 16.5. The average molecular weight is 116 g/mol. The van der Waals surface area contributed by atoms with E-state index in [-0.39, 0.29) is 6.10 Å². The van der Waals surface area contributed by atoms with Crippen LogP contribution in [0.2, 0.25) is 0 Å². The molecule has 0 aromatic heterocycles. The van der Waals surface area contributed by atoms with Crippen molar-refractivity contribution >= 4 is 0 Å². The minimum Gasteiger partial charge on any atom is -0.390 e. The summed E-state index contributed by atoms with van der Waals surface area (Å²) in [4.78, 5) is 0. The summed E-state index contributed by atoms with van der Waals surface area (Å²) in [5, 5.41) is 9.06. The van der Waals surface area contributed by atoms with Crippen LogP contribution in [0.15, 0.2) is 0 Å². The quantitative estimate of drug-likeness (QED) is 0.537. The number of rotatable bonds is 1. The van der Waals surface area contributed by atoms with Gasteiger partial charge in [-0.2, -0.15) is 0 Å². The van der Waals surface area contributed by atoms with Crippen LogP contribution in [0.3, 0.4) is 0 Å². The van der Waals surface area contributed by atoms with Crippen molar-refractivity contribution in [2.24, 2.45) is 5.92 Å². The highest BCUT2D eigenvalue weighted by Gasteiger charge is 2.23. The van der Waals surface area contributed by atoms with E-state index in [1.54, 1.807) is 0 Å². The molecule has 2 nitrogen and oxygen atoms in total. The number of hydrogen-bond acceptors (Lipinski definition) is 2. The maximum absolute atomic E-state index is 9.06. The van der Waals surface area contributed by atoms with Gasteiger partial charge >= 0.3 is 0 Å². The van der Waals surface area contributed by atoms with Crippen molar-refractivity contribution in [3.05, 3.63) is 0 Å². The number of aliphatic hydroxyl groups excluding tert-OH is 1. The Kier molecular flexibility index (Phi) is 1.86. The fraction of sp³-hybridized carbons (Fsp3) is 1.00. The van der Waals surface area contributed by atoms with Gasteiger partial charge in [0.2, 0.25) is 0 Å². The molecule has 1 N–H and O–H groups in total. The lowest BCUT2D eigenvalue weighted by atomic mass is 10.0. The molecule has 1 rings (SSSR count). The highest BCUT2D eigenvalue weighted by molar-refractivity contribution is 4.71. The van der Waals surface area contributed by atoms with Gasteiger partial charge in [-0.25, -0.2) is 0 Å². The van der Waals surface area contributed by atoms with Gasteiger partial charge in [0, 0.05) is 5.92 Å². The molecule has 8 heavy (non-hydrogen) atoms. The Morgan fingerprint density at radius 2 is 2.38 bits per heavy atom. The second-order valence-electron chi connectivity index (χ2n) is 2.27. The van der Waals surface area contributed by atoms with E-state index >= 15 is 0 Å². The predicted octanol–water partition coefficient (Wildman–Crippen LogP) is 0.404. The van der Waals surface area contributed by atoms with E-state index in [9.17, 15) is 0 Å². The number of aliphatic hydroxyl groups is 1. The molecule has 0 bridgehead atoms. The van der Waals surface area contributed by atoms with Gasteiger partial charge in [-0.3, -0.25) is 0 Å². The first kappa shape index (κ1) is 6.05. The third-order valence-electron chi connectivity index (χ3n) is 1.69. The van der Waals surface area contributed by atoms with Crippen molar-refractivity contribution < 1.29 is 9.84 Å². The standard InChI is InChI=1S/C6H12O2/c1-2-5-3-8-4-6(5)7/h5-7H,2-4H2,1H3. The van der Waals surface area contributed by atoms with Crippen LogP contribution in [0.25, 0.3) is 0 Å². The topological polar surface area (TPSA) is 29.5 Å². The van der Waals surface area contributed by atoms with Crippen LogP contribution in [0.4, 0.5) is 0 Å². The first-order valence-electron chi connectivity index (χ1n) is 3.10. The lowest BCUT2D eigenvalue weighted by molar-refractivity contribution is 0.118. The third kappa shape index (κ3) is 1.01. The lowest BCUT2D eigenvalue weighted by Crippen LogP contribution is -2.16. The van der Waals surface area contributed by atoms with Crippen molar-refractivity contribution in [3.63, 3.8) is 0 Å². The number of ether oxygens (including phenoxy) is 1. The largest absolute Gasteiger partial charge is 0.390 e. The molecule has 1 heterocycles. The molecule has 1 aliphatic rings. The van der Waals surface area contributed by atoms with E-state index in [4.69, 9.17) is 9.84 Å². The lowest BCUT2D eigenvalue weighted by Gasteiger charge is -2.06. The summed E-state index contributed by atoms with van der Waals surface area (Å²) >= 11 is 0. The van der Waals surface area contributed by atoms with E-state index < -0.39 is 0 Å². The van der Waals surface area contributed by atoms with Crippen molar-refractivity contribution in [3.8, 4) is 0 Å². The van der Waals surface area contributed by atoms with Gasteiger partial charge in [0.05, 0.1) is 19.3 Å². The SMILES string of the molecule is CCC1COCC1O. The fourth-order valence-electron chi connectivity index (χ4n) is 0.977. The molecule has 0 radical (unpaired) electrons. The summed E-state index contributed by atoms with van der Waals surface area (Å²) in [7, 11) is 0. The molecule has 48 valence electrons. The Morgan fingerprint density at radius 1 is 1.62 bits per heavy atom. The van der Waals surface area contributed by atoms with E-state index in [1.165, 1.54) is 0 Å². The third-order valence-corrected chi connectivity index (χ3v) is 1.69. The monoisotopic (exact) mass is 116 g/mol. The first-order chi connectivity index (χ1) is 3.84. The summed E-state index contributed by atoms with van der Waals surface area (Å²) in [6.07, 6.45) is 0.834. The Morgan fingerprint density at radius 3 is 2.62 bits per heavy atom. The summed E-state index contributed by atoms with van der Waals surface area (Å²) in [6.45, 7) is 3.36. The van der Waals surface area contributed by atoms with E-state index in [0.717, 1.165) is 13.0 Å². The molecule has 0 amide bonds. The van der Waals surface area contributed by atoms with Crippen LogP contribution in [-0.4, -0.2) is 24.4 Å². The smallest absolute Gasteiger partial charge is 0.0823 e. The van der Waals surface area contributed by atoms with Crippen LogP contribution in [0.5, 0.6) is 0 Å². The molecule has 0 spiro atoms. The highest BCUT2D eigenvalue weighted by Crippen LogP contribution is 2.15. The van der Waals surface area contributed by atoms with Gasteiger partial charge < -0.3 is 9.84 Å².